The van der Waals surface area contributed by atoms with Gasteiger partial charge in [-0.1, -0.05) is 29.8 Å². The summed E-state index contributed by atoms with van der Waals surface area (Å²) >= 11 is 6.20. The molecule has 0 radical (unpaired) electrons. The van der Waals surface area contributed by atoms with Crippen LogP contribution in [0, 0.1) is 0 Å². The van der Waals surface area contributed by atoms with E-state index < -0.39 is 0 Å². The predicted molar refractivity (Wildman–Crippen MR) is 97.4 cm³/mol. The molecule has 1 aromatic carbocycles. The van der Waals surface area contributed by atoms with Crippen LogP contribution in [0.1, 0.15) is 5.56 Å². The summed E-state index contributed by atoms with van der Waals surface area (Å²) in [6, 6.07) is 9.36. The van der Waals surface area contributed by atoms with Crippen molar-refractivity contribution in [2.75, 3.05) is 31.2 Å². The number of ether oxygens (including phenoxy) is 1. The van der Waals surface area contributed by atoms with Crippen molar-refractivity contribution >= 4 is 28.5 Å². The summed E-state index contributed by atoms with van der Waals surface area (Å²) in [7, 11) is 0. The van der Waals surface area contributed by atoms with Gasteiger partial charge in [-0.3, -0.25) is 4.79 Å². The molecule has 1 aliphatic rings. The molecule has 1 aliphatic heterocycles. The Morgan fingerprint density at radius 3 is 2.76 bits per heavy atom. The third-order valence-electron chi connectivity index (χ3n) is 4.30. The normalized spacial score (nSPS) is 14.8. The largest absolute Gasteiger partial charge is 0.378 e. The summed E-state index contributed by atoms with van der Waals surface area (Å²) in [5, 5.41) is 1.15. The molecule has 0 N–H and O–H groups in total. The van der Waals surface area contributed by atoms with Gasteiger partial charge in [0.25, 0.3) is 5.56 Å². The van der Waals surface area contributed by atoms with Crippen LogP contribution in [0.25, 0.3) is 10.9 Å². The zero-order valence-electron chi connectivity index (χ0n) is 13.6. The van der Waals surface area contributed by atoms with Crippen molar-refractivity contribution in [3.05, 3.63) is 63.7 Å². The molecule has 0 atom stereocenters. The lowest BCUT2D eigenvalue weighted by Crippen LogP contribution is -2.37. The molecule has 0 bridgehead atoms. The van der Waals surface area contributed by atoms with Gasteiger partial charge in [0.1, 0.15) is 0 Å². The average Bonchev–Trinajstić information content (AvgIpc) is 2.66. The number of nitrogens with zero attached hydrogens (tertiary/aromatic N) is 4. The molecule has 0 saturated carbocycles. The Morgan fingerprint density at radius 1 is 1.16 bits per heavy atom. The van der Waals surface area contributed by atoms with Crippen molar-refractivity contribution in [2.24, 2.45) is 0 Å². The molecule has 3 aromatic rings. The fourth-order valence-electron chi connectivity index (χ4n) is 2.91. The molecule has 0 spiro atoms. The average molecular weight is 357 g/mol. The summed E-state index contributed by atoms with van der Waals surface area (Å²) in [5.41, 5.74) is 1.43. The Hall–Kier alpha value is -2.44. The van der Waals surface area contributed by atoms with Crippen LogP contribution in [0.2, 0.25) is 5.02 Å². The highest BCUT2D eigenvalue weighted by Gasteiger charge is 2.15. The molecule has 1 fully saturated rings. The van der Waals surface area contributed by atoms with Gasteiger partial charge < -0.3 is 14.2 Å². The molecular formula is C18H17ClN4O2. The summed E-state index contributed by atoms with van der Waals surface area (Å²) in [6.07, 6.45) is 3.36. The quantitative estimate of drug-likeness (QED) is 0.721. The van der Waals surface area contributed by atoms with Crippen LogP contribution < -0.4 is 10.5 Å². The molecule has 0 amide bonds. The lowest BCUT2D eigenvalue weighted by atomic mass is 10.2. The number of aromatic nitrogens is 3. The smallest absolute Gasteiger partial charge is 0.261 e. The van der Waals surface area contributed by atoms with Crippen molar-refractivity contribution in [2.45, 2.75) is 6.54 Å². The van der Waals surface area contributed by atoms with Crippen molar-refractivity contribution in [3.63, 3.8) is 0 Å². The number of rotatable bonds is 3. The first-order valence-electron chi connectivity index (χ1n) is 8.15. The standard InChI is InChI=1S/C18H17ClN4O2/c19-15-4-2-1-3-13(15)12-23-6-5-16-14(17(23)24)11-20-18(21-16)22-7-9-25-10-8-22/h1-6,11H,7-10,12H2. The first-order valence-corrected chi connectivity index (χ1v) is 8.52. The number of hydrogen-bond acceptors (Lipinski definition) is 5. The van der Waals surface area contributed by atoms with Crippen molar-refractivity contribution in [1.29, 1.82) is 0 Å². The number of halogens is 1. The van der Waals surface area contributed by atoms with E-state index >= 15 is 0 Å². The van der Waals surface area contributed by atoms with Gasteiger partial charge in [0.05, 0.1) is 30.7 Å². The van der Waals surface area contributed by atoms with Gasteiger partial charge in [0, 0.05) is 30.5 Å². The Bertz CT molecular complexity index is 967. The Kier molecular flexibility index (Phi) is 4.38. The van der Waals surface area contributed by atoms with E-state index in [4.69, 9.17) is 16.3 Å². The third-order valence-corrected chi connectivity index (χ3v) is 4.67. The van der Waals surface area contributed by atoms with Gasteiger partial charge in [0.15, 0.2) is 0 Å². The third kappa shape index (κ3) is 3.23. The van der Waals surface area contributed by atoms with E-state index in [1.54, 1.807) is 17.0 Å². The van der Waals surface area contributed by atoms with Crippen molar-refractivity contribution in [3.8, 4) is 0 Å². The van der Waals surface area contributed by atoms with Gasteiger partial charge in [-0.05, 0) is 17.7 Å². The Morgan fingerprint density at radius 2 is 1.96 bits per heavy atom. The van der Waals surface area contributed by atoms with Crippen LogP contribution in [-0.4, -0.2) is 40.8 Å². The van der Waals surface area contributed by atoms with Crippen LogP contribution in [0.5, 0.6) is 0 Å². The molecule has 3 heterocycles. The summed E-state index contributed by atoms with van der Waals surface area (Å²) < 4.78 is 6.97. The summed E-state index contributed by atoms with van der Waals surface area (Å²) in [6.45, 7) is 3.27. The maximum Gasteiger partial charge on any atom is 0.261 e. The minimum Gasteiger partial charge on any atom is -0.378 e. The van der Waals surface area contributed by atoms with E-state index in [9.17, 15) is 4.79 Å². The first kappa shape index (κ1) is 16.1. The zero-order valence-corrected chi connectivity index (χ0v) is 14.3. The van der Waals surface area contributed by atoms with E-state index in [1.165, 1.54) is 0 Å². The fraction of sp³-hybridized carbons (Fsp3) is 0.278. The minimum atomic E-state index is -0.119. The Labute approximate surface area is 149 Å². The van der Waals surface area contributed by atoms with E-state index in [0.29, 0.717) is 41.6 Å². The number of fused-ring (bicyclic) bond motifs is 1. The Balaban J connectivity index is 1.68. The SMILES string of the molecule is O=c1c2cnc(N3CCOCC3)nc2ccn1Cc1ccccc1Cl. The minimum absolute atomic E-state index is 0.119. The molecule has 7 heteroatoms. The lowest BCUT2D eigenvalue weighted by molar-refractivity contribution is 0.122. The van der Waals surface area contributed by atoms with Gasteiger partial charge in [-0.25, -0.2) is 9.97 Å². The highest BCUT2D eigenvalue weighted by atomic mass is 35.5. The van der Waals surface area contributed by atoms with Gasteiger partial charge in [0.2, 0.25) is 5.95 Å². The summed E-state index contributed by atoms with van der Waals surface area (Å²) in [5.74, 6) is 0.638. The molecule has 0 aliphatic carbocycles. The van der Waals surface area contributed by atoms with E-state index in [1.807, 2.05) is 30.3 Å². The van der Waals surface area contributed by atoms with Crippen molar-refractivity contribution in [1.82, 2.24) is 14.5 Å². The molecule has 128 valence electrons. The predicted octanol–water partition coefficient (Wildman–Crippen LogP) is 2.33. The van der Waals surface area contributed by atoms with Crippen LogP contribution in [0.3, 0.4) is 0 Å². The number of pyridine rings is 1. The molecule has 25 heavy (non-hydrogen) atoms. The van der Waals surface area contributed by atoms with Crippen LogP contribution in [-0.2, 0) is 11.3 Å². The topological polar surface area (TPSA) is 60.3 Å². The second kappa shape index (κ2) is 6.82. The maximum atomic E-state index is 12.7. The number of anilines is 1. The van der Waals surface area contributed by atoms with Crippen LogP contribution in [0.15, 0.2) is 47.5 Å². The molecule has 0 unspecified atom stereocenters. The number of hydrogen-bond donors (Lipinski definition) is 0. The highest BCUT2D eigenvalue weighted by Crippen LogP contribution is 2.17. The monoisotopic (exact) mass is 356 g/mol. The highest BCUT2D eigenvalue weighted by molar-refractivity contribution is 6.31. The molecule has 6 nitrogen and oxygen atoms in total. The van der Waals surface area contributed by atoms with E-state index in [0.717, 1.165) is 18.7 Å². The van der Waals surface area contributed by atoms with E-state index in [-0.39, 0.29) is 5.56 Å². The van der Waals surface area contributed by atoms with Crippen molar-refractivity contribution < 1.29 is 4.74 Å². The molecule has 2 aromatic heterocycles. The van der Waals surface area contributed by atoms with E-state index in [2.05, 4.69) is 14.9 Å². The maximum absolute atomic E-state index is 12.7. The van der Waals surface area contributed by atoms with Gasteiger partial charge >= 0.3 is 0 Å². The molecule has 1 saturated heterocycles. The zero-order chi connectivity index (χ0) is 17.2. The second-order valence-corrected chi connectivity index (χ2v) is 6.32. The number of benzene rings is 1. The molecular weight excluding hydrogens is 340 g/mol. The second-order valence-electron chi connectivity index (χ2n) is 5.91. The number of morpholine rings is 1. The molecule has 4 rings (SSSR count). The van der Waals surface area contributed by atoms with Gasteiger partial charge in [-0.2, -0.15) is 0 Å². The first-order chi connectivity index (χ1) is 12.2. The summed E-state index contributed by atoms with van der Waals surface area (Å²) in [4.78, 5) is 23.7. The lowest BCUT2D eigenvalue weighted by Gasteiger charge is -2.26. The van der Waals surface area contributed by atoms with Crippen LogP contribution in [0.4, 0.5) is 5.95 Å². The fourth-order valence-corrected chi connectivity index (χ4v) is 3.11. The van der Waals surface area contributed by atoms with Crippen LogP contribution >= 0.6 is 11.6 Å². The van der Waals surface area contributed by atoms with Gasteiger partial charge in [-0.15, -0.1) is 0 Å².